The molecule has 0 saturated heterocycles. The summed E-state index contributed by atoms with van der Waals surface area (Å²) in [4.78, 5) is 1.73. The summed E-state index contributed by atoms with van der Waals surface area (Å²) in [7, 11) is 1.63. The molecule has 6 heavy (non-hydrogen) atoms. The Morgan fingerprint density at radius 2 is 2.33 bits per heavy atom. The quantitative estimate of drug-likeness (QED) is 0.520. The summed E-state index contributed by atoms with van der Waals surface area (Å²) >= 11 is 3.09. The molecule has 0 aromatic carbocycles. The smallest absolute Gasteiger partial charge is 0.0993 e. The average molecular weight is 151 g/mol. The topological polar surface area (TPSA) is 9.23 Å². The van der Waals surface area contributed by atoms with Crippen LogP contribution in [0.5, 0.6) is 0 Å². The molecule has 0 aromatic heterocycles. The summed E-state index contributed by atoms with van der Waals surface area (Å²) in [5, 5.41) is 0. The van der Waals surface area contributed by atoms with E-state index in [1.54, 1.807) is 12.1 Å². The SMILES string of the molecule is COC(C)=CBr. The molecule has 0 aliphatic heterocycles. The van der Waals surface area contributed by atoms with Crippen molar-refractivity contribution in [3.63, 3.8) is 0 Å². The zero-order valence-electron chi connectivity index (χ0n) is 3.86. The summed E-state index contributed by atoms with van der Waals surface area (Å²) in [5.74, 6) is 0.884. The van der Waals surface area contributed by atoms with E-state index in [1.807, 2.05) is 6.92 Å². The maximum absolute atomic E-state index is 4.71. The van der Waals surface area contributed by atoms with E-state index in [-0.39, 0.29) is 0 Å². The van der Waals surface area contributed by atoms with Gasteiger partial charge in [-0.3, -0.25) is 0 Å². The lowest BCUT2D eigenvalue weighted by molar-refractivity contribution is 0.295. The minimum Gasteiger partial charge on any atom is -0.501 e. The van der Waals surface area contributed by atoms with Crippen LogP contribution in [-0.2, 0) is 4.74 Å². The lowest BCUT2D eigenvalue weighted by Gasteiger charge is -1.90. The molecule has 0 heterocycles. The summed E-state index contributed by atoms with van der Waals surface area (Å²) in [6.45, 7) is 1.87. The Bertz CT molecular complexity index is 58.6. The third kappa shape index (κ3) is 2.27. The molecule has 0 atom stereocenters. The number of hydrogen-bond acceptors (Lipinski definition) is 1. The van der Waals surface area contributed by atoms with E-state index in [0.29, 0.717) is 0 Å². The van der Waals surface area contributed by atoms with Gasteiger partial charge in [0.15, 0.2) is 0 Å². The van der Waals surface area contributed by atoms with E-state index < -0.39 is 0 Å². The highest BCUT2D eigenvalue weighted by Crippen LogP contribution is 1.94. The van der Waals surface area contributed by atoms with Crippen molar-refractivity contribution in [2.75, 3.05) is 7.11 Å². The predicted molar refractivity (Wildman–Crippen MR) is 29.7 cm³/mol. The minimum absolute atomic E-state index is 0.884. The van der Waals surface area contributed by atoms with Crippen LogP contribution in [0.3, 0.4) is 0 Å². The molecule has 2 heteroatoms. The average Bonchev–Trinajstić information content (AvgIpc) is 1.65. The Morgan fingerprint density at radius 3 is 2.33 bits per heavy atom. The van der Waals surface area contributed by atoms with Crippen LogP contribution in [0.25, 0.3) is 0 Å². The Hall–Kier alpha value is 0.0200. The van der Waals surface area contributed by atoms with Crippen LogP contribution >= 0.6 is 15.9 Å². The first-order valence-corrected chi connectivity index (χ1v) is 2.53. The zero-order chi connectivity index (χ0) is 4.99. The first kappa shape index (κ1) is 6.02. The van der Waals surface area contributed by atoms with Crippen LogP contribution in [0.15, 0.2) is 10.7 Å². The fourth-order valence-corrected chi connectivity index (χ4v) is 0.231. The van der Waals surface area contributed by atoms with Gasteiger partial charge in [-0.05, 0) is 6.92 Å². The van der Waals surface area contributed by atoms with Gasteiger partial charge in [0.05, 0.1) is 12.9 Å². The van der Waals surface area contributed by atoms with Gasteiger partial charge in [-0.15, -0.1) is 0 Å². The molecule has 0 saturated carbocycles. The Balaban J connectivity index is 3.22. The Labute approximate surface area is 46.1 Å². The van der Waals surface area contributed by atoms with Crippen molar-refractivity contribution in [2.24, 2.45) is 0 Å². The van der Waals surface area contributed by atoms with Crippen LogP contribution in [0.1, 0.15) is 6.92 Å². The molecule has 0 spiro atoms. The Kier molecular flexibility index (Phi) is 3.23. The van der Waals surface area contributed by atoms with Crippen LogP contribution in [-0.4, -0.2) is 7.11 Å². The van der Waals surface area contributed by atoms with E-state index in [4.69, 9.17) is 4.74 Å². The fraction of sp³-hybridized carbons (Fsp3) is 0.500. The van der Waals surface area contributed by atoms with Crippen molar-refractivity contribution in [1.29, 1.82) is 0 Å². The standard InChI is InChI=1S/C4H7BrO/c1-4(3-5)6-2/h3H,1-2H3. The van der Waals surface area contributed by atoms with E-state index in [0.717, 1.165) is 5.76 Å². The molecule has 0 unspecified atom stereocenters. The third-order valence-corrected chi connectivity index (χ3v) is 1.12. The van der Waals surface area contributed by atoms with Gasteiger partial charge in [0, 0.05) is 4.99 Å². The monoisotopic (exact) mass is 150 g/mol. The Morgan fingerprint density at radius 1 is 1.83 bits per heavy atom. The summed E-state index contributed by atoms with van der Waals surface area (Å²) in [6, 6.07) is 0. The maximum atomic E-state index is 4.71. The van der Waals surface area contributed by atoms with Crippen LogP contribution in [0.2, 0.25) is 0 Å². The number of rotatable bonds is 1. The maximum Gasteiger partial charge on any atom is 0.0993 e. The van der Waals surface area contributed by atoms with Crippen molar-refractivity contribution in [1.82, 2.24) is 0 Å². The molecule has 0 aliphatic rings. The van der Waals surface area contributed by atoms with E-state index in [1.165, 1.54) is 0 Å². The highest BCUT2D eigenvalue weighted by Gasteiger charge is 1.73. The second-order valence-corrected chi connectivity index (χ2v) is 1.38. The van der Waals surface area contributed by atoms with Gasteiger partial charge in [0.1, 0.15) is 0 Å². The van der Waals surface area contributed by atoms with Gasteiger partial charge < -0.3 is 4.74 Å². The number of hydrogen-bond donors (Lipinski definition) is 0. The molecule has 0 aromatic rings. The molecule has 0 radical (unpaired) electrons. The van der Waals surface area contributed by atoms with Crippen molar-refractivity contribution < 1.29 is 4.74 Å². The molecule has 0 amide bonds. The van der Waals surface area contributed by atoms with E-state index in [2.05, 4.69) is 15.9 Å². The third-order valence-electron chi connectivity index (χ3n) is 0.476. The first-order chi connectivity index (χ1) is 2.81. The van der Waals surface area contributed by atoms with Crippen molar-refractivity contribution in [3.05, 3.63) is 10.7 Å². The lowest BCUT2D eigenvalue weighted by Crippen LogP contribution is -1.72. The molecule has 0 bridgehead atoms. The summed E-state index contributed by atoms with van der Waals surface area (Å²) < 4.78 is 4.71. The molecular weight excluding hydrogens is 144 g/mol. The molecule has 0 N–H and O–H groups in total. The van der Waals surface area contributed by atoms with Gasteiger partial charge in [0.2, 0.25) is 0 Å². The summed E-state index contributed by atoms with van der Waals surface area (Å²) in [6.07, 6.45) is 0. The van der Waals surface area contributed by atoms with Crippen LogP contribution in [0, 0.1) is 0 Å². The second-order valence-electron chi connectivity index (χ2n) is 0.924. The van der Waals surface area contributed by atoms with Gasteiger partial charge in [0.25, 0.3) is 0 Å². The summed E-state index contributed by atoms with van der Waals surface area (Å²) in [5.41, 5.74) is 0. The first-order valence-electron chi connectivity index (χ1n) is 1.62. The number of allylic oxidation sites excluding steroid dienone is 1. The van der Waals surface area contributed by atoms with Gasteiger partial charge in [-0.25, -0.2) is 0 Å². The van der Waals surface area contributed by atoms with Crippen molar-refractivity contribution >= 4 is 15.9 Å². The zero-order valence-corrected chi connectivity index (χ0v) is 5.45. The van der Waals surface area contributed by atoms with Gasteiger partial charge >= 0.3 is 0 Å². The molecule has 0 fully saturated rings. The van der Waals surface area contributed by atoms with Crippen molar-refractivity contribution in [2.45, 2.75) is 6.92 Å². The fourth-order valence-electron chi connectivity index (χ4n) is 0.0445. The van der Waals surface area contributed by atoms with Gasteiger partial charge in [-0.2, -0.15) is 0 Å². The lowest BCUT2D eigenvalue weighted by atomic mass is 10.7. The normalized spacial score (nSPS) is 11.5. The molecule has 0 rings (SSSR count). The van der Waals surface area contributed by atoms with Crippen LogP contribution in [0.4, 0.5) is 0 Å². The predicted octanol–water partition coefficient (Wildman–Crippen LogP) is 1.89. The molecular formula is C4H7BrO. The van der Waals surface area contributed by atoms with E-state index in [9.17, 15) is 0 Å². The second kappa shape index (κ2) is 3.22. The minimum atomic E-state index is 0.884. The number of methoxy groups -OCH3 is 1. The highest BCUT2D eigenvalue weighted by molar-refractivity contribution is 9.11. The van der Waals surface area contributed by atoms with E-state index >= 15 is 0 Å². The van der Waals surface area contributed by atoms with Crippen LogP contribution < -0.4 is 0 Å². The highest BCUT2D eigenvalue weighted by atomic mass is 79.9. The largest absolute Gasteiger partial charge is 0.501 e. The van der Waals surface area contributed by atoms with Gasteiger partial charge in [-0.1, -0.05) is 15.9 Å². The number of ether oxygens (including phenoxy) is 1. The molecule has 0 aliphatic carbocycles. The molecule has 1 nitrogen and oxygen atoms in total. The number of halogens is 1. The molecule has 36 valence electrons. The van der Waals surface area contributed by atoms with Crippen molar-refractivity contribution in [3.8, 4) is 0 Å².